The van der Waals surface area contributed by atoms with Gasteiger partial charge in [0.1, 0.15) is 11.6 Å². The van der Waals surface area contributed by atoms with E-state index in [0.29, 0.717) is 29.5 Å². The quantitative estimate of drug-likeness (QED) is 0.873. The number of rotatable bonds is 5. The summed E-state index contributed by atoms with van der Waals surface area (Å²) in [7, 11) is 1.73. The molecule has 0 aliphatic heterocycles. The fourth-order valence-corrected chi connectivity index (χ4v) is 1.69. The van der Waals surface area contributed by atoms with Crippen LogP contribution in [0.3, 0.4) is 0 Å². The molecule has 2 aromatic heterocycles. The van der Waals surface area contributed by atoms with Gasteiger partial charge in [0.25, 0.3) is 5.91 Å². The molecule has 2 rings (SSSR count). The van der Waals surface area contributed by atoms with Gasteiger partial charge in [0.2, 0.25) is 0 Å². The summed E-state index contributed by atoms with van der Waals surface area (Å²) >= 11 is 0. The van der Waals surface area contributed by atoms with Gasteiger partial charge >= 0.3 is 0 Å². The molecule has 1 amide bonds. The molecule has 0 aliphatic rings. The third-order valence-corrected chi connectivity index (χ3v) is 2.81. The van der Waals surface area contributed by atoms with E-state index in [4.69, 9.17) is 4.42 Å². The van der Waals surface area contributed by atoms with Crippen molar-refractivity contribution in [2.75, 3.05) is 12.4 Å². The van der Waals surface area contributed by atoms with Gasteiger partial charge in [0, 0.05) is 13.0 Å². The molecule has 2 heterocycles. The Hall–Kier alpha value is -2.37. The van der Waals surface area contributed by atoms with Crippen molar-refractivity contribution in [3.8, 4) is 0 Å². The number of furan rings is 1. The van der Waals surface area contributed by atoms with E-state index < -0.39 is 0 Å². The average molecular weight is 274 g/mol. The molecule has 106 valence electrons. The van der Waals surface area contributed by atoms with E-state index in [1.165, 1.54) is 0 Å². The van der Waals surface area contributed by atoms with Crippen molar-refractivity contribution >= 4 is 11.6 Å². The number of hydrogen-bond acceptors (Lipinski definition) is 5. The number of nitrogens with zero attached hydrogens (tertiary/aromatic N) is 2. The van der Waals surface area contributed by atoms with Crippen LogP contribution in [0.5, 0.6) is 0 Å². The summed E-state index contributed by atoms with van der Waals surface area (Å²) in [6.45, 7) is 4.30. The van der Waals surface area contributed by atoms with Crippen molar-refractivity contribution in [3.63, 3.8) is 0 Å². The van der Waals surface area contributed by atoms with Crippen LogP contribution in [0.15, 0.2) is 29.0 Å². The predicted octanol–water partition coefficient (Wildman–Crippen LogP) is 2.16. The molecule has 2 N–H and O–H groups in total. The van der Waals surface area contributed by atoms with Crippen LogP contribution >= 0.6 is 0 Å². The first-order valence-electron chi connectivity index (χ1n) is 6.47. The molecule has 2 aromatic rings. The molecule has 0 unspecified atom stereocenters. The van der Waals surface area contributed by atoms with E-state index in [-0.39, 0.29) is 11.8 Å². The van der Waals surface area contributed by atoms with E-state index in [2.05, 4.69) is 20.6 Å². The number of anilines is 1. The molecule has 20 heavy (non-hydrogen) atoms. The summed E-state index contributed by atoms with van der Waals surface area (Å²) in [4.78, 5) is 20.8. The minimum atomic E-state index is -0.255. The molecule has 6 nitrogen and oxygen atoms in total. The third-order valence-electron chi connectivity index (χ3n) is 2.81. The standard InChI is InChI=1S/C14H18N4O2/c1-9(2)13-16-8-11(15-3)12(18-13)14(19)17-7-10-5-4-6-20-10/h4-6,8-9,15H,7H2,1-3H3,(H,17,19). The molecule has 0 spiro atoms. The highest BCUT2D eigenvalue weighted by Crippen LogP contribution is 2.16. The van der Waals surface area contributed by atoms with E-state index in [9.17, 15) is 4.79 Å². The van der Waals surface area contributed by atoms with Gasteiger partial charge in [-0.05, 0) is 12.1 Å². The van der Waals surface area contributed by atoms with E-state index in [1.54, 1.807) is 31.6 Å². The summed E-state index contributed by atoms with van der Waals surface area (Å²) in [6.07, 6.45) is 3.20. The summed E-state index contributed by atoms with van der Waals surface area (Å²) in [5.41, 5.74) is 0.948. The van der Waals surface area contributed by atoms with Crippen LogP contribution in [0.1, 0.15) is 41.8 Å². The Morgan fingerprint density at radius 1 is 1.45 bits per heavy atom. The average Bonchev–Trinajstić information content (AvgIpc) is 2.97. The second-order valence-corrected chi connectivity index (χ2v) is 4.66. The monoisotopic (exact) mass is 274 g/mol. The molecule has 0 bridgehead atoms. The second kappa shape index (κ2) is 6.18. The summed E-state index contributed by atoms with van der Waals surface area (Å²) < 4.78 is 5.18. The molecule has 0 saturated heterocycles. The second-order valence-electron chi connectivity index (χ2n) is 4.66. The lowest BCUT2D eigenvalue weighted by atomic mass is 10.2. The molecular weight excluding hydrogens is 256 g/mol. The van der Waals surface area contributed by atoms with Crippen molar-refractivity contribution in [2.24, 2.45) is 0 Å². The zero-order chi connectivity index (χ0) is 14.5. The number of carbonyl (C=O) groups excluding carboxylic acids is 1. The van der Waals surface area contributed by atoms with Crippen molar-refractivity contribution in [1.29, 1.82) is 0 Å². The third kappa shape index (κ3) is 3.14. The highest BCUT2D eigenvalue weighted by Gasteiger charge is 2.16. The minimum absolute atomic E-state index is 0.164. The van der Waals surface area contributed by atoms with Crippen molar-refractivity contribution in [1.82, 2.24) is 15.3 Å². The lowest BCUT2D eigenvalue weighted by Gasteiger charge is -2.11. The Morgan fingerprint density at radius 3 is 2.85 bits per heavy atom. The van der Waals surface area contributed by atoms with Crippen molar-refractivity contribution in [3.05, 3.63) is 41.9 Å². The highest BCUT2D eigenvalue weighted by atomic mass is 16.3. The lowest BCUT2D eigenvalue weighted by molar-refractivity contribution is 0.0943. The fraction of sp³-hybridized carbons (Fsp3) is 0.357. The topological polar surface area (TPSA) is 80.0 Å². The molecule has 0 radical (unpaired) electrons. The van der Waals surface area contributed by atoms with Gasteiger partial charge in [-0.25, -0.2) is 9.97 Å². The van der Waals surface area contributed by atoms with Gasteiger partial charge in [-0.2, -0.15) is 0 Å². The van der Waals surface area contributed by atoms with Crippen LogP contribution in [0.25, 0.3) is 0 Å². The van der Waals surface area contributed by atoms with Crippen LogP contribution in [0, 0.1) is 0 Å². The largest absolute Gasteiger partial charge is 0.467 e. The maximum absolute atomic E-state index is 12.2. The molecule has 0 aromatic carbocycles. The molecule has 6 heteroatoms. The molecule has 0 atom stereocenters. The maximum atomic E-state index is 12.2. The molecular formula is C14H18N4O2. The Morgan fingerprint density at radius 2 is 2.25 bits per heavy atom. The lowest BCUT2D eigenvalue weighted by Crippen LogP contribution is -2.25. The Bertz CT molecular complexity index is 579. The number of carbonyl (C=O) groups is 1. The van der Waals surface area contributed by atoms with Crippen LogP contribution < -0.4 is 10.6 Å². The van der Waals surface area contributed by atoms with Crippen molar-refractivity contribution < 1.29 is 9.21 Å². The molecule has 0 saturated carbocycles. The zero-order valence-electron chi connectivity index (χ0n) is 11.8. The van der Waals surface area contributed by atoms with Crippen LogP contribution in [0.4, 0.5) is 5.69 Å². The first-order chi connectivity index (χ1) is 9.61. The Balaban J connectivity index is 2.16. The number of aromatic nitrogens is 2. The molecule has 0 fully saturated rings. The Kier molecular flexibility index (Phi) is 4.34. The van der Waals surface area contributed by atoms with Crippen LogP contribution in [-0.4, -0.2) is 22.9 Å². The first kappa shape index (κ1) is 14.0. The van der Waals surface area contributed by atoms with Gasteiger partial charge in [-0.15, -0.1) is 0 Å². The normalized spacial score (nSPS) is 10.6. The van der Waals surface area contributed by atoms with E-state index in [1.807, 2.05) is 13.8 Å². The number of amides is 1. The predicted molar refractivity (Wildman–Crippen MR) is 75.5 cm³/mol. The van der Waals surface area contributed by atoms with Gasteiger partial charge in [0.15, 0.2) is 5.69 Å². The zero-order valence-corrected chi connectivity index (χ0v) is 11.8. The fourth-order valence-electron chi connectivity index (χ4n) is 1.69. The summed E-state index contributed by atoms with van der Waals surface area (Å²) in [5.74, 6) is 1.25. The SMILES string of the molecule is CNc1cnc(C(C)C)nc1C(=O)NCc1ccco1. The van der Waals surface area contributed by atoms with E-state index in [0.717, 1.165) is 0 Å². The first-order valence-corrected chi connectivity index (χ1v) is 6.47. The van der Waals surface area contributed by atoms with Crippen LogP contribution in [-0.2, 0) is 6.54 Å². The summed E-state index contributed by atoms with van der Waals surface area (Å²) in [6, 6.07) is 3.58. The van der Waals surface area contributed by atoms with E-state index >= 15 is 0 Å². The summed E-state index contributed by atoms with van der Waals surface area (Å²) in [5, 5.41) is 5.71. The Labute approximate surface area is 117 Å². The maximum Gasteiger partial charge on any atom is 0.272 e. The van der Waals surface area contributed by atoms with Gasteiger partial charge in [-0.1, -0.05) is 13.8 Å². The van der Waals surface area contributed by atoms with Crippen molar-refractivity contribution in [2.45, 2.75) is 26.3 Å². The van der Waals surface area contributed by atoms with Gasteiger partial charge < -0.3 is 15.1 Å². The highest BCUT2D eigenvalue weighted by molar-refractivity contribution is 5.97. The van der Waals surface area contributed by atoms with Gasteiger partial charge in [-0.3, -0.25) is 4.79 Å². The number of nitrogens with one attached hydrogen (secondary N) is 2. The minimum Gasteiger partial charge on any atom is -0.467 e. The van der Waals surface area contributed by atoms with Gasteiger partial charge in [0.05, 0.1) is 24.7 Å². The van der Waals surface area contributed by atoms with Crippen LogP contribution in [0.2, 0.25) is 0 Å². The molecule has 0 aliphatic carbocycles. The smallest absolute Gasteiger partial charge is 0.272 e. The number of hydrogen-bond donors (Lipinski definition) is 2.